The number of anilines is 1. The van der Waals surface area contributed by atoms with Crippen LogP contribution in [0.5, 0.6) is 5.75 Å². The Kier molecular flexibility index (Phi) is 5.21. The summed E-state index contributed by atoms with van der Waals surface area (Å²) in [5.74, 6) is -0.914. The van der Waals surface area contributed by atoms with Crippen molar-refractivity contribution in [2.45, 2.75) is 12.2 Å². The molecule has 30 heavy (non-hydrogen) atoms. The van der Waals surface area contributed by atoms with Crippen LogP contribution in [0.15, 0.2) is 55.1 Å². The molecular weight excluding hydrogens is 407 g/mol. The van der Waals surface area contributed by atoms with Gasteiger partial charge < -0.3 is 10.0 Å². The highest BCUT2D eigenvalue weighted by atomic mass is 19.4. The van der Waals surface area contributed by atoms with Gasteiger partial charge in [0.25, 0.3) is 11.6 Å². The number of halogens is 3. The molecule has 2 aromatic rings. The Hall–Kier alpha value is -3.89. The van der Waals surface area contributed by atoms with Crippen LogP contribution in [0.2, 0.25) is 0 Å². The molecule has 0 saturated carbocycles. The van der Waals surface area contributed by atoms with E-state index in [0.717, 1.165) is 11.0 Å². The lowest BCUT2D eigenvalue weighted by molar-refractivity contribution is -0.388. The number of urea groups is 1. The number of benzene rings is 2. The third kappa shape index (κ3) is 3.56. The number of phenolic OH excluding ortho intramolecular Hbond substituents is 1. The van der Waals surface area contributed by atoms with Gasteiger partial charge in [-0.1, -0.05) is 18.2 Å². The van der Waals surface area contributed by atoms with Crippen LogP contribution in [-0.2, 0) is 11.0 Å². The van der Waals surface area contributed by atoms with E-state index >= 15 is 0 Å². The Morgan fingerprint density at radius 1 is 1.17 bits per heavy atom. The van der Waals surface area contributed by atoms with Gasteiger partial charge in [-0.25, -0.2) is 9.69 Å². The molecule has 0 bridgehead atoms. The van der Waals surface area contributed by atoms with Crippen molar-refractivity contribution < 1.29 is 32.8 Å². The van der Waals surface area contributed by atoms with E-state index < -0.39 is 46.0 Å². The van der Waals surface area contributed by atoms with E-state index in [1.165, 1.54) is 30.3 Å². The predicted octanol–water partition coefficient (Wildman–Crippen LogP) is 4.02. The minimum absolute atomic E-state index is 0.0761. The van der Waals surface area contributed by atoms with Crippen LogP contribution in [0.3, 0.4) is 0 Å². The molecule has 1 aliphatic heterocycles. The van der Waals surface area contributed by atoms with E-state index in [9.17, 15) is 38.0 Å². The van der Waals surface area contributed by atoms with Crippen LogP contribution < -0.4 is 4.90 Å². The minimum Gasteiger partial charge on any atom is -0.508 e. The monoisotopic (exact) mass is 421 g/mol. The van der Waals surface area contributed by atoms with E-state index in [1.807, 2.05) is 0 Å². The zero-order valence-electron chi connectivity index (χ0n) is 15.2. The number of phenols is 1. The van der Waals surface area contributed by atoms with E-state index in [0.29, 0.717) is 22.6 Å². The summed E-state index contributed by atoms with van der Waals surface area (Å²) in [6, 6.07) is 5.26. The van der Waals surface area contributed by atoms with E-state index in [1.54, 1.807) is 0 Å². The number of alkyl halides is 3. The van der Waals surface area contributed by atoms with Crippen LogP contribution in [0.25, 0.3) is 0 Å². The van der Waals surface area contributed by atoms with Crippen molar-refractivity contribution in [1.29, 1.82) is 0 Å². The van der Waals surface area contributed by atoms with Crippen molar-refractivity contribution in [3.8, 4) is 5.75 Å². The molecule has 0 radical (unpaired) electrons. The highest BCUT2D eigenvalue weighted by molar-refractivity contribution is 6.21. The van der Waals surface area contributed by atoms with Gasteiger partial charge in [0.05, 0.1) is 10.6 Å². The molecule has 3 rings (SSSR count). The molecule has 0 spiro atoms. The van der Waals surface area contributed by atoms with Crippen molar-refractivity contribution in [1.82, 2.24) is 4.90 Å². The lowest BCUT2D eigenvalue weighted by Crippen LogP contribution is -2.33. The lowest BCUT2D eigenvalue weighted by atomic mass is 10.1. The lowest BCUT2D eigenvalue weighted by Gasteiger charge is -2.20. The van der Waals surface area contributed by atoms with Crippen LogP contribution in [0.1, 0.15) is 17.2 Å². The van der Waals surface area contributed by atoms with Gasteiger partial charge in [-0.3, -0.25) is 14.9 Å². The molecule has 0 aromatic heterocycles. The van der Waals surface area contributed by atoms with Crippen molar-refractivity contribution in [3.05, 3.63) is 76.4 Å². The highest BCUT2D eigenvalue weighted by Gasteiger charge is 2.47. The first-order valence-corrected chi connectivity index (χ1v) is 8.46. The zero-order chi connectivity index (χ0) is 22.2. The number of nitrogens with zero attached hydrogens (tertiary/aromatic N) is 3. The molecule has 11 heteroatoms. The second-order valence-electron chi connectivity index (χ2n) is 6.35. The van der Waals surface area contributed by atoms with Crippen molar-refractivity contribution in [3.63, 3.8) is 0 Å². The molecule has 3 amide bonds. The standard InChI is InChI=1S/C19H14F3N3O5/c1-2-9-23-16(11-3-6-13(26)7-4-11)17(27)24(18(23)28)12-5-8-15(25(29)30)14(10-12)19(20,21)22/h2-8,10,16,26H,1,9H2. The first-order valence-electron chi connectivity index (χ1n) is 8.46. The quantitative estimate of drug-likeness (QED) is 0.340. The second kappa shape index (κ2) is 7.50. The first kappa shape index (κ1) is 20.8. The van der Waals surface area contributed by atoms with Gasteiger partial charge in [-0.05, 0) is 29.8 Å². The fourth-order valence-electron chi connectivity index (χ4n) is 3.18. The average Bonchev–Trinajstić information content (AvgIpc) is 2.91. The second-order valence-corrected chi connectivity index (χ2v) is 6.35. The molecule has 8 nitrogen and oxygen atoms in total. The number of hydrogen-bond donors (Lipinski definition) is 1. The molecule has 0 aliphatic carbocycles. The summed E-state index contributed by atoms with van der Waals surface area (Å²) >= 11 is 0. The molecular formula is C19H14F3N3O5. The Morgan fingerprint density at radius 2 is 1.80 bits per heavy atom. The normalized spacial score (nSPS) is 16.8. The van der Waals surface area contributed by atoms with E-state index in [2.05, 4.69) is 6.58 Å². The summed E-state index contributed by atoms with van der Waals surface area (Å²) < 4.78 is 39.9. The van der Waals surface area contributed by atoms with Gasteiger partial charge in [-0.15, -0.1) is 6.58 Å². The number of aromatic hydroxyl groups is 1. The van der Waals surface area contributed by atoms with Crippen molar-refractivity contribution in [2.75, 3.05) is 11.4 Å². The molecule has 1 saturated heterocycles. The van der Waals surface area contributed by atoms with Crippen LogP contribution in [-0.4, -0.2) is 33.4 Å². The number of rotatable bonds is 5. The van der Waals surface area contributed by atoms with Crippen LogP contribution in [0.4, 0.5) is 29.3 Å². The zero-order valence-corrected chi connectivity index (χ0v) is 15.2. The van der Waals surface area contributed by atoms with Gasteiger partial charge in [-0.2, -0.15) is 13.2 Å². The maximum absolute atomic E-state index is 13.3. The number of amides is 3. The number of nitro groups is 1. The average molecular weight is 421 g/mol. The predicted molar refractivity (Wildman–Crippen MR) is 98.7 cm³/mol. The Balaban J connectivity index is 2.11. The number of carbonyl (C=O) groups excluding carboxylic acids is 2. The number of hydrogen-bond acceptors (Lipinski definition) is 5. The van der Waals surface area contributed by atoms with E-state index in [4.69, 9.17) is 0 Å². The summed E-state index contributed by atoms with van der Waals surface area (Å²) in [6.45, 7) is 3.44. The van der Waals surface area contributed by atoms with Crippen molar-refractivity contribution >= 4 is 23.3 Å². The van der Waals surface area contributed by atoms with Crippen molar-refractivity contribution in [2.24, 2.45) is 0 Å². The summed E-state index contributed by atoms with van der Waals surface area (Å²) in [5.41, 5.74) is -2.89. The molecule has 1 N–H and O–H groups in total. The number of nitro benzene ring substituents is 1. The SMILES string of the molecule is C=CCN1C(=O)N(c2ccc([N+](=O)[O-])c(C(F)(F)F)c2)C(=O)C1c1ccc(O)cc1. The van der Waals surface area contributed by atoms with Gasteiger partial charge in [0.15, 0.2) is 0 Å². The molecule has 1 fully saturated rings. The maximum atomic E-state index is 13.3. The fourth-order valence-corrected chi connectivity index (χ4v) is 3.18. The van der Waals surface area contributed by atoms with Gasteiger partial charge in [0.1, 0.15) is 17.4 Å². The molecule has 2 aromatic carbocycles. The topological polar surface area (TPSA) is 104 Å². The maximum Gasteiger partial charge on any atom is 0.423 e. The first-order chi connectivity index (χ1) is 14.1. The molecule has 156 valence electrons. The largest absolute Gasteiger partial charge is 0.508 e. The summed E-state index contributed by atoms with van der Waals surface area (Å²) in [4.78, 5) is 37.3. The van der Waals surface area contributed by atoms with Gasteiger partial charge in [0.2, 0.25) is 0 Å². The van der Waals surface area contributed by atoms with Crippen LogP contribution in [0, 0.1) is 10.1 Å². The summed E-state index contributed by atoms with van der Waals surface area (Å²) in [6.07, 6.45) is -3.72. The Bertz CT molecular complexity index is 1040. The smallest absolute Gasteiger partial charge is 0.423 e. The summed E-state index contributed by atoms with van der Waals surface area (Å²) in [7, 11) is 0. The fraction of sp³-hybridized carbons (Fsp3) is 0.158. The van der Waals surface area contributed by atoms with Gasteiger partial charge >= 0.3 is 12.2 Å². The summed E-state index contributed by atoms with van der Waals surface area (Å²) in [5, 5.41) is 20.4. The van der Waals surface area contributed by atoms with Gasteiger partial charge in [0, 0.05) is 12.6 Å². The van der Waals surface area contributed by atoms with Crippen LogP contribution >= 0.6 is 0 Å². The third-order valence-corrected chi connectivity index (χ3v) is 4.48. The highest BCUT2D eigenvalue weighted by Crippen LogP contribution is 2.41. The molecule has 1 unspecified atom stereocenters. The number of imide groups is 1. The number of carbonyl (C=O) groups is 2. The Morgan fingerprint density at radius 3 is 2.33 bits per heavy atom. The minimum atomic E-state index is -5.07. The molecule has 1 aliphatic rings. The molecule has 1 heterocycles. The molecule has 1 atom stereocenters. The van der Waals surface area contributed by atoms with E-state index in [-0.39, 0.29) is 12.3 Å². The Labute approximate surface area is 167 Å². The third-order valence-electron chi connectivity index (χ3n) is 4.48.